The topological polar surface area (TPSA) is 55.8 Å². The van der Waals surface area contributed by atoms with Gasteiger partial charge in [-0.2, -0.15) is 0 Å². The van der Waals surface area contributed by atoms with Crippen LogP contribution in [0.2, 0.25) is 0 Å². The van der Waals surface area contributed by atoms with Gasteiger partial charge in [0.05, 0.1) is 0 Å². The van der Waals surface area contributed by atoms with E-state index in [0.717, 1.165) is 17.0 Å². The average Bonchev–Trinajstić information content (AvgIpc) is 2.99. The van der Waals surface area contributed by atoms with E-state index in [1.54, 1.807) is 6.07 Å². The molecule has 4 nitrogen and oxygen atoms in total. The van der Waals surface area contributed by atoms with Gasteiger partial charge in [-0.15, -0.1) is 11.3 Å². The summed E-state index contributed by atoms with van der Waals surface area (Å²) in [5.41, 5.74) is 1.17. The second-order valence-corrected chi connectivity index (χ2v) is 5.97. The maximum atomic E-state index is 11.1. The molecule has 2 heterocycles. The van der Waals surface area contributed by atoms with Crippen LogP contribution in [0, 0.1) is 6.92 Å². The summed E-state index contributed by atoms with van der Waals surface area (Å²) >= 11 is 1.23. The summed E-state index contributed by atoms with van der Waals surface area (Å²) in [6.45, 7) is 2.22. The Balaban J connectivity index is 1.66. The smallest absolute Gasteiger partial charge is 0.349 e. The second-order valence-electron chi connectivity index (χ2n) is 4.72. The van der Waals surface area contributed by atoms with Crippen molar-refractivity contribution < 1.29 is 19.4 Å². The van der Waals surface area contributed by atoms with Crippen LogP contribution < -0.4 is 9.47 Å². The van der Waals surface area contributed by atoms with E-state index in [1.807, 2.05) is 31.2 Å². The Labute approximate surface area is 120 Å². The third-order valence-electron chi connectivity index (χ3n) is 3.15. The Morgan fingerprint density at radius 3 is 3.05 bits per heavy atom. The molecule has 1 aromatic heterocycles. The van der Waals surface area contributed by atoms with Crippen molar-refractivity contribution in [1.82, 2.24) is 0 Å². The number of thiophene rings is 1. The van der Waals surface area contributed by atoms with Crippen LogP contribution in [-0.2, 0) is 6.42 Å². The molecule has 104 valence electrons. The maximum Gasteiger partial charge on any atom is 0.349 e. The number of hydrogen-bond acceptors (Lipinski definition) is 4. The van der Waals surface area contributed by atoms with Crippen LogP contribution in [0.15, 0.2) is 30.3 Å². The van der Waals surface area contributed by atoms with Crippen molar-refractivity contribution in [3.63, 3.8) is 0 Å². The van der Waals surface area contributed by atoms with Crippen molar-refractivity contribution in [3.05, 3.63) is 45.6 Å². The minimum Gasteiger partial charge on any atom is -0.488 e. The first kappa shape index (κ1) is 13.0. The number of hydrogen-bond donors (Lipinski definition) is 1. The van der Waals surface area contributed by atoms with Crippen LogP contribution in [0.3, 0.4) is 0 Å². The molecular formula is C15H14O4S. The lowest BCUT2D eigenvalue weighted by atomic mass is 10.1. The Hall–Kier alpha value is -2.01. The Kier molecular flexibility index (Phi) is 3.36. The summed E-state index contributed by atoms with van der Waals surface area (Å²) in [5, 5.41) is 9.11. The molecule has 1 unspecified atom stereocenters. The predicted molar refractivity (Wildman–Crippen MR) is 76.1 cm³/mol. The first-order valence-electron chi connectivity index (χ1n) is 6.34. The molecule has 1 aliphatic heterocycles. The molecule has 0 aliphatic carbocycles. The van der Waals surface area contributed by atoms with Gasteiger partial charge < -0.3 is 14.6 Å². The van der Waals surface area contributed by atoms with Crippen LogP contribution in [0.25, 0.3) is 0 Å². The molecule has 0 radical (unpaired) electrons. The third-order valence-corrected chi connectivity index (χ3v) is 4.17. The quantitative estimate of drug-likeness (QED) is 0.940. The number of aromatic carboxylic acids is 1. The molecule has 0 fully saturated rings. The lowest BCUT2D eigenvalue weighted by Gasteiger charge is -2.12. The van der Waals surface area contributed by atoms with Gasteiger partial charge in [0, 0.05) is 11.3 Å². The van der Waals surface area contributed by atoms with Crippen molar-refractivity contribution in [2.75, 3.05) is 6.61 Å². The molecule has 2 aromatic rings. The van der Waals surface area contributed by atoms with Gasteiger partial charge in [0.15, 0.2) is 4.88 Å². The van der Waals surface area contributed by atoms with E-state index in [-0.39, 0.29) is 11.0 Å². The number of carboxylic acids is 1. The number of ether oxygens (including phenoxy) is 2. The van der Waals surface area contributed by atoms with Crippen LogP contribution in [-0.4, -0.2) is 23.8 Å². The Bertz CT molecular complexity index is 622. The standard InChI is InChI=1S/C15H14O4S/c1-9-6-13(14(20-9)15(16)17)18-8-11-7-10-4-2-3-5-12(10)19-11/h2-6,11H,7-8H2,1H3,(H,16,17). The molecule has 0 saturated heterocycles. The lowest BCUT2D eigenvalue weighted by molar-refractivity contribution is 0.0694. The van der Waals surface area contributed by atoms with Crippen molar-refractivity contribution >= 4 is 17.3 Å². The molecule has 0 amide bonds. The molecule has 1 aromatic carbocycles. The van der Waals surface area contributed by atoms with Crippen molar-refractivity contribution in [3.8, 4) is 11.5 Å². The maximum absolute atomic E-state index is 11.1. The third kappa shape index (κ3) is 2.49. The molecule has 0 bridgehead atoms. The van der Waals surface area contributed by atoms with E-state index in [9.17, 15) is 4.79 Å². The summed E-state index contributed by atoms with van der Waals surface area (Å²) in [6.07, 6.45) is 0.732. The minimum absolute atomic E-state index is 0.0609. The first-order valence-corrected chi connectivity index (χ1v) is 7.16. The van der Waals surface area contributed by atoms with Gasteiger partial charge >= 0.3 is 5.97 Å². The monoisotopic (exact) mass is 290 g/mol. The number of carbonyl (C=O) groups is 1. The fourth-order valence-electron chi connectivity index (χ4n) is 2.28. The fourth-order valence-corrected chi connectivity index (χ4v) is 3.07. The average molecular weight is 290 g/mol. The Morgan fingerprint density at radius 2 is 2.30 bits per heavy atom. The minimum atomic E-state index is -0.950. The normalized spacial score (nSPS) is 16.6. The highest BCUT2D eigenvalue weighted by Gasteiger charge is 2.24. The highest BCUT2D eigenvalue weighted by molar-refractivity contribution is 7.14. The summed E-state index contributed by atoms with van der Waals surface area (Å²) in [5.74, 6) is 0.370. The fraction of sp³-hybridized carbons (Fsp3) is 0.267. The van der Waals surface area contributed by atoms with Crippen LogP contribution in [0.5, 0.6) is 11.5 Å². The molecule has 1 aliphatic rings. The van der Waals surface area contributed by atoms with Crippen LogP contribution in [0.4, 0.5) is 0 Å². The second kappa shape index (κ2) is 5.17. The SMILES string of the molecule is Cc1cc(OCC2Cc3ccccc3O2)c(C(=O)O)s1. The number of rotatable bonds is 4. The van der Waals surface area contributed by atoms with Crippen LogP contribution in [0.1, 0.15) is 20.1 Å². The number of fused-ring (bicyclic) bond motifs is 1. The highest BCUT2D eigenvalue weighted by atomic mass is 32.1. The summed E-state index contributed by atoms with van der Waals surface area (Å²) in [4.78, 5) is 12.3. The highest BCUT2D eigenvalue weighted by Crippen LogP contribution is 2.31. The number of para-hydroxylation sites is 1. The first-order chi connectivity index (χ1) is 9.63. The predicted octanol–water partition coefficient (Wildman–Crippen LogP) is 3.14. The molecular weight excluding hydrogens is 276 g/mol. The van der Waals surface area contributed by atoms with E-state index in [2.05, 4.69) is 0 Å². The lowest BCUT2D eigenvalue weighted by Crippen LogP contribution is -2.22. The number of benzene rings is 1. The van der Waals surface area contributed by atoms with Gasteiger partial charge in [0.2, 0.25) is 0 Å². The molecule has 5 heteroatoms. The van der Waals surface area contributed by atoms with Gasteiger partial charge in [-0.1, -0.05) is 18.2 Å². The van der Waals surface area contributed by atoms with Gasteiger partial charge in [-0.05, 0) is 24.6 Å². The van der Waals surface area contributed by atoms with E-state index < -0.39 is 5.97 Å². The molecule has 20 heavy (non-hydrogen) atoms. The van der Waals surface area contributed by atoms with E-state index in [1.165, 1.54) is 16.9 Å². The Morgan fingerprint density at radius 1 is 1.50 bits per heavy atom. The van der Waals surface area contributed by atoms with E-state index in [4.69, 9.17) is 14.6 Å². The van der Waals surface area contributed by atoms with Gasteiger partial charge in [0.1, 0.15) is 24.2 Å². The molecule has 0 saturated carbocycles. The summed E-state index contributed by atoms with van der Waals surface area (Å²) in [7, 11) is 0. The zero-order chi connectivity index (χ0) is 14.1. The number of carboxylic acid groups (broad SMARTS) is 1. The molecule has 1 atom stereocenters. The zero-order valence-corrected chi connectivity index (χ0v) is 11.8. The number of aryl methyl sites for hydroxylation is 1. The van der Waals surface area contributed by atoms with E-state index in [0.29, 0.717) is 12.4 Å². The van der Waals surface area contributed by atoms with Gasteiger partial charge in [-0.3, -0.25) is 0 Å². The van der Waals surface area contributed by atoms with Gasteiger partial charge in [-0.25, -0.2) is 4.79 Å². The van der Waals surface area contributed by atoms with Crippen molar-refractivity contribution in [2.45, 2.75) is 19.4 Å². The molecule has 3 rings (SSSR count). The zero-order valence-electron chi connectivity index (χ0n) is 11.0. The molecule has 1 N–H and O–H groups in total. The summed E-state index contributed by atoms with van der Waals surface area (Å²) < 4.78 is 11.4. The van der Waals surface area contributed by atoms with E-state index >= 15 is 0 Å². The van der Waals surface area contributed by atoms with Crippen molar-refractivity contribution in [1.29, 1.82) is 0 Å². The summed E-state index contributed by atoms with van der Waals surface area (Å²) in [6, 6.07) is 9.65. The molecule has 0 spiro atoms. The van der Waals surface area contributed by atoms with Gasteiger partial charge in [0.25, 0.3) is 0 Å². The largest absolute Gasteiger partial charge is 0.488 e. The van der Waals surface area contributed by atoms with Crippen molar-refractivity contribution in [2.24, 2.45) is 0 Å². The van der Waals surface area contributed by atoms with Crippen LogP contribution >= 0.6 is 11.3 Å².